The van der Waals surface area contributed by atoms with Crippen LogP contribution in [0.5, 0.6) is 0 Å². The third kappa shape index (κ3) is 4.86. The van der Waals surface area contributed by atoms with Gasteiger partial charge in [-0.1, -0.05) is 46.5 Å². The van der Waals surface area contributed by atoms with E-state index in [0.29, 0.717) is 6.04 Å². The predicted octanol–water partition coefficient (Wildman–Crippen LogP) is 4.36. The van der Waals surface area contributed by atoms with Crippen LogP contribution in [0.4, 0.5) is 0 Å². The van der Waals surface area contributed by atoms with E-state index in [-0.39, 0.29) is 0 Å². The molecule has 0 spiro atoms. The molecule has 3 unspecified atom stereocenters. The molecule has 1 aliphatic carbocycles. The Labute approximate surface area is 102 Å². The van der Waals surface area contributed by atoms with E-state index in [0.717, 1.165) is 17.8 Å². The molecule has 0 aromatic heterocycles. The lowest BCUT2D eigenvalue weighted by molar-refractivity contribution is 0.187. The molecule has 96 valence electrons. The molecule has 1 heteroatoms. The van der Waals surface area contributed by atoms with Crippen molar-refractivity contribution in [3.63, 3.8) is 0 Å². The Hall–Kier alpha value is -0.0400. The lowest BCUT2D eigenvalue weighted by atomic mass is 9.73. The normalized spacial score (nSPS) is 32.6. The fraction of sp³-hybridized carbons (Fsp3) is 1.00. The van der Waals surface area contributed by atoms with Crippen molar-refractivity contribution in [1.29, 1.82) is 0 Å². The molecule has 16 heavy (non-hydrogen) atoms. The van der Waals surface area contributed by atoms with Gasteiger partial charge in [0.15, 0.2) is 0 Å². The smallest absolute Gasteiger partial charge is 0.00673 e. The van der Waals surface area contributed by atoms with Crippen molar-refractivity contribution in [2.75, 3.05) is 0 Å². The predicted molar refractivity (Wildman–Crippen MR) is 72.4 cm³/mol. The van der Waals surface area contributed by atoms with E-state index in [4.69, 9.17) is 5.73 Å². The highest BCUT2D eigenvalue weighted by atomic mass is 14.7. The summed E-state index contributed by atoms with van der Waals surface area (Å²) in [6, 6.07) is 0.474. The van der Waals surface area contributed by atoms with Gasteiger partial charge in [-0.3, -0.25) is 0 Å². The first-order chi connectivity index (χ1) is 7.63. The maximum absolute atomic E-state index is 6.36. The molecule has 0 saturated heterocycles. The molecule has 0 aliphatic heterocycles. The van der Waals surface area contributed by atoms with Crippen LogP contribution >= 0.6 is 0 Å². The molecule has 0 bridgehead atoms. The minimum atomic E-state index is 0.474. The molecule has 1 saturated carbocycles. The van der Waals surface area contributed by atoms with Crippen LogP contribution in [0.15, 0.2) is 0 Å². The van der Waals surface area contributed by atoms with Crippen LogP contribution in [-0.4, -0.2) is 6.04 Å². The first-order valence-electron chi connectivity index (χ1n) is 7.39. The van der Waals surface area contributed by atoms with Gasteiger partial charge in [0.05, 0.1) is 0 Å². The summed E-state index contributed by atoms with van der Waals surface area (Å²) in [5.74, 6) is 2.60. The summed E-state index contributed by atoms with van der Waals surface area (Å²) in [5.41, 5.74) is 6.36. The van der Waals surface area contributed by atoms with Gasteiger partial charge in [-0.25, -0.2) is 0 Å². The van der Waals surface area contributed by atoms with Crippen LogP contribution in [0, 0.1) is 17.8 Å². The summed E-state index contributed by atoms with van der Waals surface area (Å²) in [6.07, 6.45) is 10.8. The van der Waals surface area contributed by atoms with Gasteiger partial charge in [-0.2, -0.15) is 0 Å². The van der Waals surface area contributed by atoms with Crippen LogP contribution in [0.2, 0.25) is 0 Å². The van der Waals surface area contributed by atoms with E-state index in [1.165, 1.54) is 51.4 Å². The Morgan fingerprint density at radius 3 is 2.19 bits per heavy atom. The van der Waals surface area contributed by atoms with E-state index < -0.39 is 0 Å². The summed E-state index contributed by atoms with van der Waals surface area (Å²) in [4.78, 5) is 0. The number of hydrogen-bond donors (Lipinski definition) is 1. The molecular weight excluding hydrogens is 194 g/mol. The molecular formula is C15H31N. The van der Waals surface area contributed by atoms with E-state index >= 15 is 0 Å². The molecule has 1 rings (SSSR count). The van der Waals surface area contributed by atoms with Crippen molar-refractivity contribution >= 4 is 0 Å². The van der Waals surface area contributed by atoms with E-state index in [1.807, 2.05) is 0 Å². The van der Waals surface area contributed by atoms with Crippen LogP contribution in [0.3, 0.4) is 0 Å². The second-order valence-electron chi connectivity index (χ2n) is 6.19. The Morgan fingerprint density at radius 2 is 1.62 bits per heavy atom. The van der Waals surface area contributed by atoms with Gasteiger partial charge in [0.1, 0.15) is 0 Å². The van der Waals surface area contributed by atoms with E-state index in [1.54, 1.807) is 0 Å². The van der Waals surface area contributed by atoms with Gasteiger partial charge in [-0.15, -0.1) is 0 Å². The standard InChI is InChI=1S/C15H31N/c1-4-5-6-7-8-15(16)14-10-12(2)9-13(3)11-14/h12-15H,4-11,16H2,1-3H3. The Kier molecular flexibility index (Phi) is 6.41. The van der Waals surface area contributed by atoms with Crippen molar-refractivity contribution in [2.45, 2.75) is 78.2 Å². The van der Waals surface area contributed by atoms with Gasteiger partial charge in [0.2, 0.25) is 0 Å². The van der Waals surface area contributed by atoms with Crippen LogP contribution in [0.25, 0.3) is 0 Å². The highest BCUT2D eigenvalue weighted by Gasteiger charge is 2.27. The number of rotatable bonds is 6. The maximum atomic E-state index is 6.36. The molecule has 3 atom stereocenters. The minimum Gasteiger partial charge on any atom is -0.327 e. The fourth-order valence-electron chi connectivity index (χ4n) is 3.40. The number of nitrogens with two attached hydrogens (primary N) is 1. The Balaban J connectivity index is 2.21. The monoisotopic (exact) mass is 225 g/mol. The topological polar surface area (TPSA) is 26.0 Å². The summed E-state index contributed by atoms with van der Waals surface area (Å²) >= 11 is 0. The first kappa shape index (κ1) is 14.0. The molecule has 0 aromatic rings. The van der Waals surface area contributed by atoms with Crippen LogP contribution in [-0.2, 0) is 0 Å². The average Bonchev–Trinajstić information content (AvgIpc) is 2.22. The molecule has 1 nitrogen and oxygen atoms in total. The molecule has 1 fully saturated rings. The quantitative estimate of drug-likeness (QED) is 0.668. The molecule has 0 heterocycles. The lowest BCUT2D eigenvalue weighted by Crippen LogP contribution is -2.35. The van der Waals surface area contributed by atoms with E-state index in [9.17, 15) is 0 Å². The average molecular weight is 225 g/mol. The van der Waals surface area contributed by atoms with Crippen molar-refractivity contribution in [1.82, 2.24) is 0 Å². The summed E-state index contributed by atoms with van der Waals surface area (Å²) in [5, 5.41) is 0. The van der Waals surface area contributed by atoms with E-state index in [2.05, 4.69) is 20.8 Å². The maximum Gasteiger partial charge on any atom is 0.00673 e. The summed E-state index contributed by atoms with van der Waals surface area (Å²) in [7, 11) is 0. The third-order valence-electron chi connectivity index (χ3n) is 4.21. The van der Waals surface area contributed by atoms with Crippen molar-refractivity contribution < 1.29 is 0 Å². The Morgan fingerprint density at radius 1 is 1.00 bits per heavy atom. The van der Waals surface area contributed by atoms with Gasteiger partial charge in [0, 0.05) is 6.04 Å². The van der Waals surface area contributed by atoms with Crippen molar-refractivity contribution in [3.05, 3.63) is 0 Å². The van der Waals surface area contributed by atoms with Gasteiger partial charge < -0.3 is 5.73 Å². The molecule has 0 aromatic carbocycles. The largest absolute Gasteiger partial charge is 0.327 e. The third-order valence-corrected chi connectivity index (χ3v) is 4.21. The van der Waals surface area contributed by atoms with Crippen molar-refractivity contribution in [3.8, 4) is 0 Å². The SMILES string of the molecule is CCCCCCC(N)C1CC(C)CC(C)C1. The fourth-order valence-corrected chi connectivity index (χ4v) is 3.40. The van der Waals surface area contributed by atoms with Crippen molar-refractivity contribution in [2.24, 2.45) is 23.5 Å². The summed E-state index contributed by atoms with van der Waals surface area (Å²) in [6.45, 7) is 7.06. The van der Waals surface area contributed by atoms with Gasteiger partial charge in [0.25, 0.3) is 0 Å². The molecule has 1 aliphatic rings. The zero-order valence-electron chi connectivity index (χ0n) is 11.5. The second-order valence-corrected chi connectivity index (χ2v) is 6.19. The van der Waals surface area contributed by atoms with Gasteiger partial charge in [-0.05, 0) is 43.4 Å². The first-order valence-corrected chi connectivity index (χ1v) is 7.39. The van der Waals surface area contributed by atoms with Gasteiger partial charge >= 0.3 is 0 Å². The highest BCUT2D eigenvalue weighted by Crippen LogP contribution is 2.35. The number of hydrogen-bond acceptors (Lipinski definition) is 1. The summed E-state index contributed by atoms with van der Waals surface area (Å²) < 4.78 is 0. The minimum absolute atomic E-state index is 0.474. The van der Waals surface area contributed by atoms with Crippen LogP contribution < -0.4 is 5.73 Å². The number of unbranched alkanes of at least 4 members (excludes halogenated alkanes) is 3. The lowest BCUT2D eigenvalue weighted by Gasteiger charge is -2.35. The Bertz CT molecular complexity index is 168. The molecule has 0 radical (unpaired) electrons. The zero-order valence-corrected chi connectivity index (χ0v) is 11.5. The zero-order chi connectivity index (χ0) is 12.0. The highest BCUT2D eigenvalue weighted by molar-refractivity contribution is 4.81. The van der Waals surface area contributed by atoms with Crippen LogP contribution in [0.1, 0.15) is 72.1 Å². The molecule has 0 amide bonds. The molecule has 2 N–H and O–H groups in total. The second kappa shape index (κ2) is 7.32.